The first-order chi connectivity index (χ1) is 10.7. The van der Waals surface area contributed by atoms with Crippen molar-refractivity contribution < 1.29 is 28.2 Å². The molecule has 0 bridgehead atoms. The lowest BCUT2D eigenvalue weighted by atomic mass is 9.93. The molecule has 2 N–H and O–H groups in total. The molecule has 7 heteroatoms. The summed E-state index contributed by atoms with van der Waals surface area (Å²) in [5, 5.41) is 11.6. The third-order valence-electron chi connectivity index (χ3n) is 2.87. The molecular formula is C16H23F2NO4. The number of halogens is 2. The van der Waals surface area contributed by atoms with Crippen LogP contribution in [0, 0.1) is 0 Å². The Morgan fingerprint density at radius 2 is 2.00 bits per heavy atom. The van der Waals surface area contributed by atoms with Crippen molar-refractivity contribution in [2.45, 2.75) is 58.3 Å². The van der Waals surface area contributed by atoms with E-state index in [1.54, 1.807) is 0 Å². The lowest BCUT2D eigenvalue weighted by molar-refractivity contribution is -0.0499. The van der Waals surface area contributed by atoms with Crippen LogP contribution in [0.2, 0.25) is 0 Å². The van der Waals surface area contributed by atoms with Gasteiger partial charge in [0, 0.05) is 12.1 Å². The number of hydrogen-bond acceptors (Lipinski definition) is 4. The number of amides is 1. The number of carbonyl (C=O) groups is 1. The molecule has 1 aliphatic carbocycles. The number of benzene rings is 1. The highest BCUT2D eigenvalue weighted by Gasteiger charge is 2.22. The van der Waals surface area contributed by atoms with Gasteiger partial charge in [-0.1, -0.05) is 6.07 Å². The summed E-state index contributed by atoms with van der Waals surface area (Å²) in [6.07, 6.45) is 3.13. The van der Waals surface area contributed by atoms with Crippen molar-refractivity contribution in [2.24, 2.45) is 0 Å². The van der Waals surface area contributed by atoms with Crippen molar-refractivity contribution in [3.63, 3.8) is 0 Å². The minimum absolute atomic E-state index is 0.0417. The number of hydrogen-bond donors (Lipinski definition) is 2. The van der Waals surface area contributed by atoms with Crippen molar-refractivity contribution >= 4 is 6.09 Å². The number of alkyl halides is 2. The lowest BCUT2D eigenvalue weighted by Gasteiger charge is -2.28. The Morgan fingerprint density at radius 1 is 1.35 bits per heavy atom. The molecule has 2 rings (SSSR count). The number of nitrogens with one attached hydrogen (secondary N) is 1. The van der Waals surface area contributed by atoms with Crippen LogP contribution in [0.25, 0.3) is 0 Å². The van der Waals surface area contributed by atoms with Crippen molar-refractivity contribution in [3.8, 4) is 11.5 Å². The SMILES string of the molecule is CC(C)(C)OC(=O)NC1CCC1.Oc1cccc(OC(F)F)c1. The third kappa shape index (κ3) is 8.85. The van der Waals surface area contributed by atoms with E-state index >= 15 is 0 Å². The van der Waals surface area contributed by atoms with Gasteiger partial charge in [-0.25, -0.2) is 4.79 Å². The molecule has 1 aromatic carbocycles. The molecule has 0 aromatic heterocycles. The summed E-state index contributed by atoms with van der Waals surface area (Å²) in [6, 6.07) is 5.61. The van der Waals surface area contributed by atoms with Gasteiger partial charge in [0.15, 0.2) is 0 Å². The van der Waals surface area contributed by atoms with Gasteiger partial charge in [0.2, 0.25) is 0 Å². The molecule has 23 heavy (non-hydrogen) atoms. The molecule has 0 radical (unpaired) electrons. The Hall–Kier alpha value is -2.05. The summed E-state index contributed by atoms with van der Waals surface area (Å²) in [5.74, 6) is -0.136. The minimum Gasteiger partial charge on any atom is -0.508 e. The van der Waals surface area contributed by atoms with E-state index in [2.05, 4.69) is 10.1 Å². The number of ether oxygens (including phenoxy) is 2. The Bertz CT molecular complexity index is 499. The van der Waals surface area contributed by atoms with Crippen molar-refractivity contribution in [2.75, 3.05) is 0 Å². The first-order valence-corrected chi connectivity index (χ1v) is 7.39. The van der Waals surface area contributed by atoms with Crippen LogP contribution in [0.3, 0.4) is 0 Å². The van der Waals surface area contributed by atoms with E-state index in [9.17, 15) is 13.6 Å². The average molecular weight is 331 g/mol. The quantitative estimate of drug-likeness (QED) is 0.876. The predicted molar refractivity (Wildman–Crippen MR) is 81.7 cm³/mol. The molecule has 1 saturated carbocycles. The van der Waals surface area contributed by atoms with Gasteiger partial charge in [-0.2, -0.15) is 8.78 Å². The van der Waals surface area contributed by atoms with Crippen molar-refractivity contribution in [1.82, 2.24) is 5.32 Å². The van der Waals surface area contributed by atoms with Crippen molar-refractivity contribution in [1.29, 1.82) is 0 Å². The van der Waals surface area contributed by atoms with Crippen LogP contribution >= 0.6 is 0 Å². The Kier molecular flexibility index (Phi) is 7.06. The summed E-state index contributed by atoms with van der Waals surface area (Å²) in [5.41, 5.74) is -0.381. The topological polar surface area (TPSA) is 67.8 Å². The molecule has 0 atom stereocenters. The second-order valence-corrected chi connectivity index (χ2v) is 6.15. The zero-order valence-electron chi connectivity index (χ0n) is 13.5. The van der Waals surface area contributed by atoms with Gasteiger partial charge >= 0.3 is 12.7 Å². The van der Waals surface area contributed by atoms with Crippen LogP contribution in [0.5, 0.6) is 11.5 Å². The van der Waals surface area contributed by atoms with Gasteiger partial charge in [-0.3, -0.25) is 0 Å². The summed E-state index contributed by atoms with van der Waals surface area (Å²) in [7, 11) is 0. The second kappa shape index (κ2) is 8.55. The zero-order valence-corrected chi connectivity index (χ0v) is 13.5. The van der Waals surface area contributed by atoms with E-state index in [0.717, 1.165) is 18.9 Å². The zero-order chi connectivity index (χ0) is 17.5. The number of aromatic hydroxyl groups is 1. The fourth-order valence-corrected chi connectivity index (χ4v) is 1.69. The summed E-state index contributed by atoms with van der Waals surface area (Å²) in [6.45, 7) is 2.76. The molecule has 0 heterocycles. The molecule has 5 nitrogen and oxygen atoms in total. The maximum absolute atomic E-state index is 11.5. The minimum atomic E-state index is -2.85. The maximum atomic E-state index is 11.5. The van der Waals surface area contributed by atoms with Crippen LogP contribution in [0.4, 0.5) is 13.6 Å². The van der Waals surface area contributed by atoms with Gasteiger partial charge in [-0.15, -0.1) is 0 Å². The van der Waals surface area contributed by atoms with Crippen LogP contribution in [-0.4, -0.2) is 29.5 Å². The third-order valence-corrected chi connectivity index (χ3v) is 2.87. The fourth-order valence-electron chi connectivity index (χ4n) is 1.69. The molecule has 130 valence electrons. The van der Waals surface area contributed by atoms with Crippen molar-refractivity contribution in [3.05, 3.63) is 24.3 Å². The highest BCUT2D eigenvalue weighted by molar-refractivity contribution is 5.68. The highest BCUT2D eigenvalue weighted by atomic mass is 19.3. The van der Waals surface area contributed by atoms with E-state index in [0.29, 0.717) is 6.04 Å². The van der Waals surface area contributed by atoms with E-state index in [1.165, 1.54) is 24.6 Å². The van der Waals surface area contributed by atoms with E-state index in [-0.39, 0.29) is 23.2 Å². The molecule has 0 aliphatic heterocycles. The van der Waals surface area contributed by atoms with Crippen LogP contribution in [0.1, 0.15) is 40.0 Å². The second-order valence-electron chi connectivity index (χ2n) is 6.15. The number of phenolic OH excluding ortho intramolecular Hbond substituents is 1. The maximum Gasteiger partial charge on any atom is 0.407 e. The van der Waals surface area contributed by atoms with E-state index < -0.39 is 6.61 Å². The number of alkyl carbamates (subject to hydrolysis) is 1. The standard InChI is InChI=1S/C9H17NO2.C7H6F2O2/c1-9(2,3)12-8(11)10-7-5-4-6-7;8-7(9)11-6-3-1-2-5(10)4-6/h7H,4-6H2,1-3H3,(H,10,11);1-4,7,10H. The van der Waals surface area contributed by atoms with Gasteiger partial charge < -0.3 is 19.9 Å². The van der Waals surface area contributed by atoms with E-state index in [4.69, 9.17) is 9.84 Å². The normalized spacial score (nSPS) is 14.3. The van der Waals surface area contributed by atoms with E-state index in [1.807, 2.05) is 20.8 Å². The molecule has 0 saturated heterocycles. The largest absolute Gasteiger partial charge is 0.508 e. The number of carbonyl (C=O) groups excluding carboxylic acids is 1. The lowest BCUT2D eigenvalue weighted by Crippen LogP contribution is -2.42. The molecular weight excluding hydrogens is 308 g/mol. The van der Waals surface area contributed by atoms with Crippen LogP contribution < -0.4 is 10.1 Å². The molecule has 1 aromatic rings. The molecule has 1 aliphatic rings. The Balaban J connectivity index is 0.000000231. The molecule has 1 fully saturated rings. The molecule has 0 spiro atoms. The Labute approximate surface area is 134 Å². The van der Waals surface area contributed by atoms with Gasteiger partial charge in [0.05, 0.1) is 0 Å². The average Bonchev–Trinajstić information content (AvgIpc) is 2.32. The predicted octanol–water partition coefficient (Wildman–Crippen LogP) is 4.06. The smallest absolute Gasteiger partial charge is 0.407 e. The first kappa shape index (κ1) is 19.0. The highest BCUT2D eigenvalue weighted by Crippen LogP contribution is 2.19. The van der Waals surface area contributed by atoms with Gasteiger partial charge in [-0.05, 0) is 52.2 Å². The van der Waals surface area contributed by atoms with Gasteiger partial charge in [0.25, 0.3) is 0 Å². The van der Waals surface area contributed by atoms with Gasteiger partial charge in [0.1, 0.15) is 17.1 Å². The summed E-state index contributed by atoms with van der Waals surface area (Å²) in [4.78, 5) is 11.1. The number of phenols is 1. The first-order valence-electron chi connectivity index (χ1n) is 7.39. The van der Waals surface area contributed by atoms with Crippen LogP contribution in [0.15, 0.2) is 24.3 Å². The molecule has 0 unspecified atom stereocenters. The monoisotopic (exact) mass is 331 g/mol. The summed E-state index contributed by atoms with van der Waals surface area (Å²) < 4.78 is 32.2. The van der Waals surface area contributed by atoms with Crippen LogP contribution in [-0.2, 0) is 4.74 Å². The fraction of sp³-hybridized carbons (Fsp3) is 0.562. The number of rotatable bonds is 3. The summed E-state index contributed by atoms with van der Waals surface area (Å²) >= 11 is 0. The molecule has 1 amide bonds. The Morgan fingerprint density at radius 3 is 2.43 bits per heavy atom.